The third kappa shape index (κ3) is 5.30. The first kappa shape index (κ1) is 17.4. The Morgan fingerprint density at radius 3 is 2.87 bits per heavy atom. The average Bonchev–Trinajstić information content (AvgIpc) is 2.91. The van der Waals surface area contributed by atoms with Crippen molar-refractivity contribution in [2.75, 3.05) is 18.4 Å². The summed E-state index contributed by atoms with van der Waals surface area (Å²) in [5.41, 5.74) is 2.38. The van der Waals surface area contributed by atoms with Crippen LogP contribution in [0.4, 0.5) is 9.93 Å². The third-order valence-corrected chi connectivity index (χ3v) is 4.11. The van der Waals surface area contributed by atoms with Gasteiger partial charge in [-0.05, 0) is 26.3 Å². The molecule has 0 fully saturated rings. The lowest BCUT2D eigenvalue weighted by Crippen LogP contribution is -2.39. The van der Waals surface area contributed by atoms with Gasteiger partial charge >= 0.3 is 6.03 Å². The quantitative estimate of drug-likeness (QED) is 0.851. The maximum Gasteiger partial charge on any atom is 0.323 e. The molecule has 0 saturated carbocycles. The number of amides is 2. The molecule has 6 nitrogen and oxygen atoms in total. The van der Waals surface area contributed by atoms with Gasteiger partial charge in [-0.1, -0.05) is 41.2 Å². The summed E-state index contributed by atoms with van der Waals surface area (Å²) in [5.74, 6) is 0. The predicted molar refractivity (Wildman–Crippen MR) is 91.8 cm³/mol. The van der Waals surface area contributed by atoms with Gasteiger partial charge in [0.2, 0.25) is 5.13 Å². The molecule has 0 aliphatic heterocycles. The van der Waals surface area contributed by atoms with Gasteiger partial charge in [0.05, 0.1) is 6.10 Å². The van der Waals surface area contributed by atoms with Crippen LogP contribution in [0.1, 0.15) is 30.0 Å². The zero-order chi connectivity index (χ0) is 16.8. The number of urea groups is 1. The fraction of sp³-hybridized carbons (Fsp3) is 0.438. The molecule has 0 aliphatic rings. The molecule has 7 heteroatoms. The van der Waals surface area contributed by atoms with Crippen molar-refractivity contribution < 1.29 is 9.90 Å². The van der Waals surface area contributed by atoms with Crippen molar-refractivity contribution in [2.45, 2.75) is 33.3 Å². The first-order valence-electron chi connectivity index (χ1n) is 7.60. The van der Waals surface area contributed by atoms with Crippen LogP contribution >= 0.6 is 11.3 Å². The van der Waals surface area contributed by atoms with Crippen molar-refractivity contribution in [3.05, 3.63) is 40.4 Å². The lowest BCUT2D eigenvalue weighted by molar-refractivity contribution is 0.141. The fourth-order valence-corrected chi connectivity index (χ4v) is 2.98. The van der Waals surface area contributed by atoms with Crippen molar-refractivity contribution >= 4 is 22.5 Å². The molecule has 0 saturated heterocycles. The molecule has 1 aromatic heterocycles. The molecule has 124 valence electrons. The molecule has 2 rings (SSSR count). The first-order valence-corrected chi connectivity index (χ1v) is 8.41. The number of aryl methyl sites for hydroxylation is 1. The summed E-state index contributed by atoms with van der Waals surface area (Å²) >= 11 is 1.37. The van der Waals surface area contributed by atoms with E-state index in [1.54, 1.807) is 6.92 Å². The van der Waals surface area contributed by atoms with Gasteiger partial charge in [0, 0.05) is 19.5 Å². The Hall–Kier alpha value is -1.99. The number of carbonyl (C=O) groups excluding carboxylic acids is 1. The highest BCUT2D eigenvalue weighted by Gasteiger charge is 2.16. The van der Waals surface area contributed by atoms with Crippen LogP contribution in [0.2, 0.25) is 0 Å². The van der Waals surface area contributed by atoms with E-state index < -0.39 is 6.10 Å². The number of likely N-dealkylation sites (N-methyl/N-ethyl adjacent to an activating group) is 1. The van der Waals surface area contributed by atoms with Gasteiger partial charge in [0.25, 0.3) is 0 Å². The largest absolute Gasteiger partial charge is 0.392 e. The Labute approximate surface area is 140 Å². The van der Waals surface area contributed by atoms with E-state index in [0.717, 1.165) is 5.01 Å². The topological polar surface area (TPSA) is 78.4 Å². The van der Waals surface area contributed by atoms with E-state index in [1.807, 2.05) is 19.1 Å². The van der Waals surface area contributed by atoms with Crippen molar-refractivity contribution in [1.29, 1.82) is 0 Å². The molecule has 1 heterocycles. The van der Waals surface area contributed by atoms with E-state index >= 15 is 0 Å². The minimum atomic E-state index is -0.563. The van der Waals surface area contributed by atoms with Crippen LogP contribution in [0.5, 0.6) is 0 Å². The van der Waals surface area contributed by atoms with E-state index in [1.165, 1.54) is 27.4 Å². The number of benzene rings is 1. The summed E-state index contributed by atoms with van der Waals surface area (Å²) in [6.45, 7) is 6.38. The van der Waals surface area contributed by atoms with Crippen molar-refractivity contribution in [1.82, 2.24) is 15.1 Å². The molecule has 2 N–H and O–H groups in total. The van der Waals surface area contributed by atoms with Crippen LogP contribution in [0.15, 0.2) is 24.3 Å². The molecular weight excluding hydrogens is 312 g/mol. The number of anilines is 1. The predicted octanol–water partition coefficient (Wildman–Crippen LogP) is 2.67. The van der Waals surface area contributed by atoms with Gasteiger partial charge in [0.15, 0.2) is 0 Å². The Balaban J connectivity index is 1.97. The Morgan fingerprint density at radius 2 is 2.22 bits per heavy atom. The van der Waals surface area contributed by atoms with Gasteiger partial charge < -0.3 is 10.0 Å². The molecule has 2 amide bonds. The zero-order valence-corrected chi connectivity index (χ0v) is 14.4. The molecule has 2 aromatic rings. The fourth-order valence-electron chi connectivity index (χ4n) is 2.22. The highest BCUT2D eigenvalue weighted by atomic mass is 32.1. The number of nitrogens with one attached hydrogen (secondary N) is 1. The summed E-state index contributed by atoms with van der Waals surface area (Å²) in [6.07, 6.45) is 0.132. The lowest BCUT2D eigenvalue weighted by Gasteiger charge is -2.21. The van der Waals surface area contributed by atoms with E-state index in [2.05, 4.69) is 34.6 Å². The number of carbonyl (C=O) groups is 1. The van der Waals surface area contributed by atoms with Crippen molar-refractivity contribution in [2.24, 2.45) is 0 Å². The summed E-state index contributed by atoms with van der Waals surface area (Å²) in [4.78, 5) is 13.7. The second-order valence-electron chi connectivity index (χ2n) is 5.48. The van der Waals surface area contributed by atoms with E-state index in [9.17, 15) is 9.90 Å². The summed E-state index contributed by atoms with van der Waals surface area (Å²) < 4.78 is 0. The minimum absolute atomic E-state index is 0.272. The number of hydrogen-bond acceptors (Lipinski definition) is 5. The summed E-state index contributed by atoms with van der Waals surface area (Å²) in [6, 6.07) is 7.96. The Kier molecular flexibility index (Phi) is 6.06. The molecule has 0 radical (unpaired) electrons. The highest BCUT2D eigenvalue weighted by Crippen LogP contribution is 2.19. The number of aliphatic hydroxyl groups is 1. The van der Waals surface area contributed by atoms with E-state index in [-0.39, 0.29) is 12.6 Å². The molecule has 0 bridgehead atoms. The van der Waals surface area contributed by atoms with Crippen LogP contribution < -0.4 is 5.32 Å². The Morgan fingerprint density at radius 1 is 1.43 bits per heavy atom. The van der Waals surface area contributed by atoms with E-state index in [0.29, 0.717) is 18.1 Å². The van der Waals surface area contributed by atoms with Gasteiger partial charge in [-0.2, -0.15) is 0 Å². The van der Waals surface area contributed by atoms with Crippen LogP contribution in [-0.4, -0.2) is 45.4 Å². The molecular formula is C16H22N4O2S. The van der Waals surface area contributed by atoms with Crippen molar-refractivity contribution in [3.8, 4) is 0 Å². The maximum absolute atomic E-state index is 12.1. The number of aliphatic hydroxyl groups excluding tert-OH is 1. The molecule has 0 aliphatic carbocycles. The SMILES string of the molecule is CCN(C[C@H](C)O)C(=O)Nc1nnc(Cc2cccc(C)c2)s1. The number of nitrogens with zero attached hydrogens (tertiary/aromatic N) is 3. The molecule has 23 heavy (non-hydrogen) atoms. The smallest absolute Gasteiger partial charge is 0.323 e. The monoisotopic (exact) mass is 334 g/mol. The minimum Gasteiger partial charge on any atom is -0.392 e. The van der Waals surface area contributed by atoms with Crippen LogP contribution in [0, 0.1) is 6.92 Å². The molecule has 0 unspecified atom stereocenters. The van der Waals surface area contributed by atoms with Crippen LogP contribution in [0.3, 0.4) is 0 Å². The average molecular weight is 334 g/mol. The highest BCUT2D eigenvalue weighted by molar-refractivity contribution is 7.15. The first-order chi connectivity index (χ1) is 11.0. The molecule has 1 atom stereocenters. The summed E-state index contributed by atoms with van der Waals surface area (Å²) in [5, 5.41) is 21.6. The maximum atomic E-state index is 12.1. The molecule has 1 aromatic carbocycles. The summed E-state index contributed by atoms with van der Waals surface area (Å²) in [7, 11) is 0. The second-order valence-corrected chi connectivity index (χ2v) is 6.55. The van der Waals surface area contributed by atoms with Gasteiger partial charge in [-0.3, -0.25) is 5.32 Å². The standard InChI is InChI=1S/C16H22N4O2S/c1-4-20(10-12(3)21)16(22)17-15-19-18-14(23-15)9-13-7-5-6-11(2)8-13/h5-8,12,21H,4,9-10H2,1-3H3,(H,17,19,22)/t12-/m0/s1. The van der Waals surface area contributed by atoms with Crippen LogP contribution in [-0.2, 0) is 6.42 Å². The van der Waals surface area contributed by atoms with Crippen molar-refractivity contribution in [3.63, 3.8) is 0 Å². The van der Waals surface area contributed by atoms with Gasteiger partial charge in [-0.15, -0.1) is 10.2 Å². The normalized spacial score (nSPS) is 12.0. The van der Waals surface area contributed by atoms with E-state index in [4.69, 9.17) is 0 Å². The van der Waals surface area contributed by atoms with Gasteiger partial charge in [0.1, 0.15) is 5.01 Å². The Bertz CT molecular complexity index is 657. The number of hydrogen-bond donors (Lipinski definition) is 2. The lowest BCUT2D eigenvalue weighted by atomic mass is 10.1. The molecule has 0 spiro atoms. The second kappa shape index (κ2) is 8.03. The number of rotatable bonds is 6. The third-order valence-electron chi connectivity index (χ3n) is 3.27. The van der Waals surface area contributed by atoms with Gasteiger partial charge in [-0.25, -0.2) is 4.79 Å². The van der Waals surface area contributed by atoms with Crippen LogP contribution in [0.25, 0.3) is 0 Å². The number of aromatic nitrogens is 2. The zero-order valence-electron chi connectivity index (χ0n) is 13.6.